The summed E-state index contributed by atoms with van der Waals surface area (Å²) in [5.74, 6) is -0.0154. The average molecular weight is 301 g/mol. The third kappa shape index (κ3) is 2.71. The van der Waals surface area contributed by atoms with Crippen molar-refractivity contribution in [2.45, 2.75) is 12.5 Å². The van der Waals surface area contributed by atoms with E-state index in [9.17, 15) is 0 Å². The Labute approximate surface area is 129 Å². The molecule has 0 aliphatic heterocycles. The number of nitrogens with two attached hydrogens (primary N) is 1. The van der Waals surface area contributed by atoms with E-state index in [2.05, 4.69) is 17.8 Å². The van der Waals surface area contributed by atoms with Crippen molar-refractivity contribution in [2.75, 3.05) is 0 Å². The standard InChI is InChI=1S/C17H16N2O.ClH/c1-2-13(14-8-4-3-7-12(14)11-18)17-15-9-5-6-10-16(15)20-19-17;/h2-10,13H,1,11,18H2;1H/t13-;/m1./s1. The van der Waals surface area contributed by atoms with Crippen LogP contribution in [0.1, 0.15) is 22.7 Å². The maximum Gasteiger partial charge on any atom is 0.167 e. The second-order valence-electron chi connectivity index (χ2n) is 4.68. The van der Waals surface area contributed by atoms with Gasteiger partial charge in [-0.15, -0.1) is 19.0 Å². The fraction of sp³-hybridized carbons (Fsp3) is 0.118. The Morgan fingerprint density at radius 2 is 1.86 bits per heavy atom. The maximum atomic E-state index is 5.83. The number of hydrogen-bond donors (Lipinski definition) is 1. The highest BCUT2D eigenvalue weighted by Gasteiger charge is 2.19. The van der Waals surface area contributed by atoms with Crippen molar-refractivity contribution in [1.82, 2.24) is 5.16 Å². The molecule has 0 spiro atoms. The van der Waals surface area contributed by atoms with Crippen LogP contribution in [0.4, 0.5) is 0 Å². The third-order valence-electron chi connectivity index (χ3n) is 3.55. The molecule has 0 saturated carbocycles. The molecular weight excluding hydrogens is 284 g/mol. The van der Waals surface area contributed by atoms with Gasteiger partial charge in [0.05, 0.1) is 0 Å². The molecule has 21 heavy (non-hydrogen) atoms. The molecule has 3 aromatic rings. The molecule has 0 aliphatic carbocycles. The van der Waals surface area contributed by atoms with Gasteiger partial charge in [-0.25, -0.2) is 0 Å². The van der Waals surface area contributed by atoms with E-state index in [-0.39, 0.29) is 18.3 Å². The number of allylic oxidation sites excluding steroid dienone is 1. The first-order valence-corrected chi connectivity index (χ1v) is 6.60. The van der Waals surface area contributed by atoms with Crippen molar-refractivity contribution in [3.63, 3.8) is 0 Å². The molecule has 0 radical (unpaired) electrons. The minimum Gasteiger partial charge on any atom is -0.356 e. The summed E-state index contributed by atoms with van der Waals surface area (Å²) in [6, 6.07) is 16.0. The van der Waals surface area contributed by atoms with Gasteiger partial charge in [0.2, 0.25) is 0 Å². The molecule has 2 N–H and O–H groups in total. The van der Waals surface area contributed by atoms with E-state index >= 15 is 0 Å². The number of nitrogens with zero attached hydrogens (tertiary/aromatic N) is 1. The summed E-state index contributed by atoms with van der Waals surface area (Å²) in [5.41, 5.74) is 9.74. The van der Waals surface area contributed by atoms with E-state index in [4.69, 9.17) is 10.3 Å². The average Bonchev–Trinajstić information content (AvgIpc) is 2.93. The van der Waals surface area contributed by atoms with Gasteiger partial charge in [0.1, 0.15) is 5.69 Å². The molecular formula is C17H17ClN2O. The molecule has 2 aromatic carbocycles. The number of halogens is 1. The largest absolute Gasteiger partial charge is 0.356 e. The number of para-hydroxylation sites is 1. The van der Waals surface area contributed by atoms with Gasteiger partial charge >= 0.3 is 0 Å². The van der Waals surface area contributed by atoms with Crippen molar-refractivity contribution in [1.29, 1.82) is 0 Å². The first-order valence-electron chi connectivity index (χ1n) is 6.60. The van der Waals surface area contributed by atoms with E-state index < -0.39 is 0 Å². The van der Waals surface area contributed by atoms with Crippen LogP contribution < -0.4 is 5.73 Å². The lowest BCUT2D eigenvalue weighted by Gasteiger charge is -2.14. The van der Waals surface area contributed by atoms with E-state index in [0.29, 0.717) is 6.54 Å². The summed E-state index contributed by atoms with van der Waals surface area (Å²) in [6.07, 6.45) is 1.89. The summed E-state index contributed by atoms with van der Waals surface area (Å²) < 4.78 is 5.40. The van der Waals surface area contributed by atoms with Crippen molar-refractivity contribution in [3.05, 3.63) is 78.0 Å². The highest BCUT2D eigenvalue weighted by atomic mass is 35.5. The SMILES string of the molecule is C=C[C@H](c1ccccc1CN)c1noc2ccccc12.Cl. The van der Waals surface area contributed by atoms with Crippen molar-refractivity contribution in [2.24, 2.45) is 5.73 Å². The maximum absolute atomic E-state index is 5.83. The summed E-state index contributed by atoms with van der Waals surface area (Å²) in [6.45, 7) is 4.45. The fourth-order valence-electron chi connectivity index (χ4n) is 2.54. The Bertz CT molecular complexity index is 751. The van der Waals surface area contributed by atoms with Gasteiger partial charge in [0.25, 0.3) is 0 Å². The normalized spacial score (nSPS) is 11.9. The van der Waals surface area contributed by atoms with Crippen LogP contribution in [0.2, 0.25) is 0 Å². The first kappa shape index (κ1) is 15.3. The molecule has 0 aliphatic rings. The predicted molar refractivity (Wildman–Crippen MR) is 87.6 cm³/mol. The molecule has 0 fully saturated rings. The van der Waals surface area contributed by atoms with Crippen LogP contribution in [0.15, 0.2) is 65.7 Å². The second kappa shape index (κ2) is 6.57. The van der Waals surface area contributed by atoms with Gasteiger partial charge < -0.3 is 10.3 Å². The molecule has 3 nitrogen and oxygen atoms in total. The lowest BCUT2D eigenvalue weighted by Crippen LogP contribution is -2.06. The van der Waals surface area contributed by atoms with Gasteiger partial charge in [-0.1, -0.05) is 47.6 Å². The first-order chi connectivity index (χ1) is 9.85. The van der Waals surface area contributed by atoms with Gasteiger partial charge in [0.15, 0.2) is 5.58 Å². The van der Waals surface area contributed by atoms with Gasteiger partial charge in [-0.3, -0.25) is 0 Å². The van der Waals surface area contributed by atoms with E-state index in [1.165, 1.54) is 0 Å². The Balaban J connectivity index is 0.00000161. The third-order valence-corrected chi connectivity index (χ3v) is 3.55. The summed E-state index contributed by atoms with van der Waals surface area (Å²) in [4.78, 5) is 0. The molecule has 0 amide bonds. The Hall–Kier alpha value is -2.10. The van der Waals surface area contributed by atoms with Crippen molar-refractivity contribution < 1.29 is 4.52 Å². The van der Waals surface area contributed by atoms with Crippen molar-refractivity contribution >= 4 is 23.4 Å². The number of benzene rings is 2. The summed E-state index contributed by atoms with van der Waals surface area (Å²) in [5, 5.41) is 5.25. The molecule has 0 unspecified atom stereocenters. The monoisotopic (exact) mass is 300 g/mol. The molecule has 0 bridgehead atoms. The smallest absolute Gasteiger partial charge is 0.167 e. The lowest BCUT2D eigenvalue weighted by molar-refractivity contribution is 0.445. The van der Waals surface area contributed by atoms with Crippen molar-refractivity contribution in [3.8, 4) is 0 Å². The molecule has 1 atom stereocenters. The van der Waals surface area contributed by atoms with Crippen LogP contribution in [0.3, 0.4) is 0 Å². The molecule has 4 heteroatoms. The van der Waals surface area contributed by atoms with Crippen LogP contribution in [0.5, 0.6) is 0 Å². The molecule has 3 rings (SSSR count). The number of aromatic nitrogens is 1. The Morgan fingerprint density at radius 1 is 1.14 bits per heavy atom. The van der Waals surface area contributed by atoms with Gasteiger partial charge in [0, 0.05) is 17.8 Å². The van der Waals surface area contributed by atoms with E-state index in [1.54, 1.807) is 0 Å². The van der Waals surface area contributed by atoms with Crippen LogP contribution in [-0.2, 0) is 6.54 Å². The van der Waals surface area contributed by atoms with Crippen LogP contribution in [0, 0.1) is 0 Å². The highest BCUT2D eigenvalue weighted by molar-refractivity contribution is 5.85. The van der Waals surface area contributed by atoms with Crippen LogP contribution in [0.25, 0.3) is 11.0 Å². The zero-order valence-corrected chi connectivity index (χ0v) is 12.3. The molecule has 1 heterocycles. The minimum atomic E-state index is -0.0154. The lowest BCUT2D eigenvalue weighted by atomic mass is 9.90. The van der Waals surface area contributed by atoms with E-state index in [0.717, 1.165) is 27.8 Å². The zero-order chi connectivity index (χ0) is 13.9. The number of fused-ring (bicyclic) bond motifs is 1. The Morgan fingerprint density at radius 3 is 2.62 bits per heavy atom. The Kier molecular flexibility index (Phi) is 4.78. The topological polar surface area (TPSA) is 52.0 Å². The molecule has 1 aromatic heterocycles. The summed E-state index contributed by atoms with van der Waals surface area (Å²) in [7, 11) is 0. The van der Waals surface area contributed by atoms with Gasteiger partial charge in [-0.2, -0.15) is 0 Å². The quantitative estimate of drug-likeness (QED) is 0.740. The second-order valence-corrected chi connectivity index (χ2v) is 4.68. The summed E-state index contributed by atoms with van der Waals surface area (Å²) >= 11 is 0. The fourth-order valence-corrected chi connectivity index (χ4v) is 2.54. The van der Waals surface area contributed by atoms with E-state index in [1.807, 2.05) is 48.5 Å². The van der Waals surface area contributed by atoms with Crippen LogP contribution in [-0.4, -0.2) is 5.16 Å². The predicted octanol–water partition coefficient (Wildman–Crippen LogP) is 4.03. The molecule has 0 saturated heterocycles. The minimum absolute atomic E-state index is 0. The molecule has 108 valence electrons. The van der Waals surface area contributed by atoms with Gasteiger partial charge in [-0.05, 0) is 23.3 Å². The number of rotatable bonds is 4. The zero-order valence-electron chi connectivity index (χ0n) is 11.5. The van der Waals surface area contributed by atoms with Crippen LogP contribution >= 0.6 is 12.4 Å². The highest BCUT2D eigenvalue weighted by Crippen LogP contribution is 2.32. The number of hydrogen-bond acceptors (Lipinski definition) is 3.